The zero-order valence-electron chi connectivity index (χ0n) is 10.6. The third-order valence-corrected chi connectivity index (χ3v) is 3.53. The summed E-state index contributed by atoms with van der Waals surface area (Å²) in [6.45, 7) is 3.02. The summed E-state index contributed by atoms with van der Waals surface area (Å²) in [5.41, 5.74) is 8.63. The van der Waals surface area contributed by atoms with Crippen LogP contribution in [0.1, 0.15) is 49.3 Å². The molecule has 17 heavy (non-hydrogen) atoms. The summed E-state index contributed by atoms with van der Waals surface area (Å²) in [6, 6.07) is 2.17. The number of hydrogen-bond acceptors (Lipinski definition) is 3. The molecular formula is C14H22N2O. The van der Waals surface area contributed by atoms with E-state index in [1.54, 1.807) is 0 Å². The van der Waals surface area contributed by atoms with Gasteiger partial charge in [-0.1, -0.05) is 0 Å². The maximum Gasteiger partial charge on any atom is 0.0576 e. The highest BCUT2D eigenvalue weighted by molar-refractivity contribution is 5.24. The largest absolute Gasteiger partial charge is 0.378 e. The Hall–Kier alpha value is -0.930. The van der Waals surface area contributed by atoms with Gasteiger partial charge in [-0.3, -0.25) is 4.98 Å². The molecule has 0 aliphatic carbocycles. The molecule has 2 N–H and O–H groups in total. The van der Waals surface area contributed by atoms with Crippen LogP contribution in [0.5, 0.6) is 0 Å². The summed E-state index contributed by atoms with van der Waals surface area (Å²) in [5.74, 6) is 0. The number of nitrogens with two attached hydrogens (primary N) is 1. The number of aryl methyl sites for hydroxylation is 1. The predicted octanol–water partition coefficient (Wildman–Crippen LogP) is 2.74. The minimum absolute atomic E-state index is 0.138. The van der Waals surface area contributed by atoms with E-state index >= 15 is 0 Å². The van der Waals surface area contributed by atoms with Crippen LogP contribution in [0.25, 0.3) is 0 Å². The minimum Gasteiger partial charge on any atom is -0.378 e. The Bertz CT molecular complexity index is 348. The molecule has 0 saturated carbocycles. The van der Waals surface area contributed by atoms with Crippen LogP contribution in [0.3, 0.4) is 0 Å². The van der Waals surface area contributed by atoms with Crippen molar-refractivity contribution in [1.82, 2.24) is 4.98 Å². The van der Waals surface area contributed by atoms with Crippen LogP contribution in [-0.2, 0) is 4.74 Å². The van der Waals surface area contributed by atoms with E-state index in [1.165, 1.54) is 24.0 Å². The molecule has 0 radical (unpaired) electrons. The third kappa shape index (κ3) is 3.51. The van der Waals surface area contributed by atoms with Crippen molar-refractivity contribution in [2.45, 2.75) is 51.2 Å². The first kappa shape index (κ1) is 12.5. The maximum absolute atomic E-state index is 6.21. The molecule has 1 aromatic heterocycles. The van der Waals surface area contributed by atoms with E-state index in [2.05, 4.69) is 11.9 Å². The van der Waals surface area contributed by atoms with Crippen LogP contribution in [0.4, 0.5) is 0 Å². The second kappa shape index (κ2) is 6.12. The van der Waals surface area contributed by atoms with Crippen molar-refractivity contribution >= 4 is 0 Å². The maximum atomic E-state index is 6.21. The van der Waals surface area contributed by atoms with Gasteiger partial charge in [0.2, 0.25) is 0 Å². The molecule has 3 heteroatoms. The van der Waals surface area contributed by atoms with Crippen LogP contribution in [0.15, 0.2) is 18.5 Å². The van der Waals surface area contributed by atoms with Gasteiger partial charge in [-0.05, 0) is 56.2 Å². The number of ether oxygens (including phenoxy) is 1. The Balaban J connectivity index is 1.77. The van der Waals surface area contributed by atoms with E-state index in [1.807, 2.05) is 18.5 Å². The number of aromatic nitrogens is 1. The fourth-order valence-electron chi connectivity index (χ4n) is 2.49. The molecule has 0 aromatic carbocycles. The standard InChI is InChI=1S/C14H22N2O/c1-11-10-16-8-7-13(11)14(15)6-2-4-12-5-3-9-17-12/h7-8,10,12,14H,2-6,9,15H2,1H3. The number of rotatable bonds is 5. The molecule has 2 rings (SSSR count). The van der Waals surface area contributed by atoms with Gasteiger partial charge in [-0.15, -0.1) is 0 Å². The third-order valence-electron chi connectivity index (χ3n) is 3.53. The van der Waals surface area contributed by atoms with Crippen LogP contribution in [0.2, 0.25) is 0 Å². The molecule has 1 aliphatic rings. The molecule has 0 bridgehead atoms. The van der Waals surface area contributed by atoms with Gasteiger partial charge in [0.05, 0.1) is 6.10 Å². The fourth-order valence-corrected chi connectivity index (χ4v) is 2.49. The second-order valence-electron chi connectivity index (χ2n) is 4.90. The highest BCUT2D eigenvalue weighted by Gasteiger charge is 2.16. The molecule has 1 fully saturated rings. The molecule has 3 nitrogen and oxygen atoms in total. The van der Waals surface area contributed by atoms with Crippen molar-refractivity contribution in [3.63, 3.8) is 0 Å². The van der Waals surface area contributed by atoms with E-state index < -0.39 is 0 Å². The topological polar surface area (TPSA) is 48.1 Å². The summed E-state index contributed by atoms with van der Waals surface area (Å²) in [4.78, 5) is 4.10. The molecule has 2 unspecified atom stereocenters. The molecule has 1 saturated heterocycles. The Labute approximate surface area is 103 Å². The quantitative estimate of drug-likeness (QED) is 0.852. The summed E-state index contributed by atoms with van der Waals surface area (Å²) in [6.07, 6.45) is 9.97. The lowest BCUT2D eigenvalue weighted by Crippen LogP contribution is -2.13. The van der Waals surface area contributed by atoms with Crippen LogP contribution in [0, 0.1) is 6.92 Å². The molecular weight excluding hydrogens is 212 g/mol. The van der Waals surface area contributed by atoms with Crippen molar-refractivity contribution in [1.29, 1.82) is 0 Å². The van der Waals surface area contributed by atoms with Gasteiger partial charge in [-0.2, -0.15) is 0 Å². The van der Waals surface area contributed by atoms with Gasteiger partial charge < -0.3 is 10.5 Å². The Morgan fingerprint density at radius 2 is 2.47 bits per heavy atom. The van der Waals surface area contributed by atoms with Gasteiger partial charge in [0.25, 0.3) is 0 Å². The fraction of sp³-hybridized carbons (Fsp3) is 0.643. The zero-order valence-corrected chi connectivity index (χ0v) is 10.6. The van der Waals surface area contributed by atoms with Crippen LogP contribution in [-0.4, -0.2) is 17.7 Å². The Morgan fingerprint density at radius 1 is 1.59 bits per heavy atom. The summed E-state index contributed by atoms with van der Waals surface area (Å²) < 4.78 is 5.61. The summed E-state index contributed by atoms with van der Waals surface area (Å²) in [5, 5.41) is 0. The Kier molecular flexibility index (Phi) is 4.51. The van der Waals surface area contributed by atoms with Crippen molar-refractivity contribution < 1.29 is 4.74 Å². The number of pyridine rings is 1. The first-order valence-corrected chi connectivity index (χ1v) is 6.55. The van der Waals surface area contributed by atoms with E-state index in [0.29, 0.717) is 6.10 Å². The van der Waals surface area contributed by atoms with Gasteiger partial charge in [-0.25, -0.2) is 0 Å². The average Bonchev–Trinajstić information content (AvgIpc) is 2.82. The smallest absolute Gasteiger partial charge is 0.0576 e. The lowest BCUT2D eigenvalue weighted by Gasteiger charge is -2.15. The normalized spacial score (nSPS) is 21.6. The van der Waals surface area contributed by atoms with E-state index in [0.717, 1.165) is 25.9 Å². The lowest BCUT2D eigenvalue weighted by atomic mass is 9.98. The van der Waals surface area contributed by atoms with Crippen molar-refractivity contribution in [3.8, 4) is 0 Å². The van der Waals surface area contributed by atoms with E-state index in [4.69, 9.17) is 10.5 Å². The highest BCUT2D eigenvalue weighted by Crippen LogP contribution is 2.23. The molecule has 94 valence electrons. The number of hydrogen-bond donors (Lipinski definition) is 1. The van der Waals surface area contributed by atoms with Crippen LogP contribution >= 0.6 is 0 Å². The SMILES string of the molecule is Cc1cnccc1C(N)CCCC1CCCO1. The minimum atomic E-state index is 0.138. The van der Waals surface area contributed by atoms with Gasteiger partial charge in [0.15, 0.2) is 0 Å². The molecule has 1 aliphatic heterocycles. The number of nitrogens with zero attached hydrogens (tertiary/aromatic N) is 1. The average molecular weight is 234 g/mol. The second-order valence-corrected chi connectivity index (χ2v) is 4.90. The first-order chi connectivity index (χ1) is 8.27. The lowest BCUT2D eigenvalue weighted by molar-refractivity contribution is 0.101. The summed E-state index contributed by atoms with van der Waals surface area (Å²) >= 11 is 0. The molecule has 2 atom stereocenters. The summed E-state index contributed by atoms with van der Waals surface area (Å²) in [7, 11) is 0. The zero-order chi connectivity index (χ0) is 12.1. The highest BCUT2D eigenvalue weighted by atomic mass is 16.5. The van der Waals surface area contributed by atoms with Crippen LogP contribution < -0.4 is 5.73 Å². The van der Waals surface area contributed by atoms with Gasteiger partial charge in [0.1, 0.15) is 0 Å². The molecule has 1 aromatic rings. The van der Waals surface area contributed by atoms with E-state index in [-0.39, 0.29) is 6.04 Å². The van der Waals surface area contributed by atoms with Gasteiger partial charge >= 0.3 is 0 Å². The van der Waals surface area contributed by atoms with Gasteiger partial charge in [0, 0.05) is 25.0 Å². The first-order valence-electron chi connectivity index (χ1n) is 6.55. The molecule has 0 amide bonds. The Morgan fingerprint density at radius 3 is 3.18 bits per heavy atom. The van der Waals surface area contributed by atoms with Crippen molar-refractivity contribution in [3.05, 3.63) is 29.6 Å². The van der Waals surface area contributed by atoms with Crippen molar-refractivity contribution in [2.24, 2.45) is 5.73 Å². The predicted molar refractivity (Wildman–Crippen MR) is 68.7 cm³/mol. The van der Waals surface area contributed by atoms with E-state index in [9.17, 15) is 0 Å². The van der Waals surface area contributed by atoms with Crippen molar-refractivity contribution in [2.75, 3.05) is 6.61 Å². The molecule has 0 spiro atoms. The monoisotopic (exact) mass is 234 g/mol. The molecule has 2 heterocycles.